The fourth-order valence-corrected chi connectivity index (χ4v) is 7.95. The van der Waals surface area contributed by atoms with E-state index in [1.165, 1.54) is 11.0 Å². The number of hydrogen-bond acceptors (Lipinski definition) is 9. The highest BCUT2D eigenvalue weighted by atomic mass is 35.5. The second-order valence-corrected chi connectivity index (χ2v) is 13.2. The molecule has 10 nitrogen and oxygen atoms in total. The van der Waals surface area contributed by atoms with Gasteiger partial charge in [-0.1, -0.05) is 31.9 Å². The lowest BCUT2D eigenvalue weighted by Crippen LogP contribution is -2.63. The van der Waals surface area contributed by atoms with Crippen LogP contribution in [0.3, 0.4) is 0 Å². The number of allylic oxidation sites excluding steroid dienone is 1. The van der Waals surface area contributed by atoms with E-state index < -0.39 is 58.0 Å². The number of phenols is 1. The number of rotatable bonds is 6. The van der Waals surface area contributed by atoms with E-state index in [9.17, 15) is 34.8 Å². The monoisotopic (exact) mass is 601 g/mol. The Hall–Kier alpha value is -2.92. The minimum atomic E-state index is -2.66. The van der Waals surface area contributed by atoms with Crippen molar-refractivity contribution in [2.24, 2.45) is 23.5 Å². The van der Waals surface area contributed by atoms with Crippen LogP contribution in [0.2, 0.25) is 5.02 Å². The van der Waals surface area contributed by atoms with Crippen molar-refractivity contribution in [3.63, 3.8) is 0 Å². The number of likely N-dealkylation sites (tertiary alicyclic amines) is 1. The molecule has 1 amide bonds. The van der Waals surface area contributed by atoms with Gasteiger partial charge in [0.2, 0.25) is 5.78 Å². The van der Waals surface area contributed by atoms with Crippen LogP contribution < -0.4 is 5.73 Å². The van der Waals surface area contributed by atoms with E-state index in [4.69, 9.17) is 17.3 Å². The molecule has 0 radical (unpaired) electrons. The molecule has 1 saturated heterocycles. The van der Waals surface area contributed by atoms with E-state index in [0.717, 1.165) is 44.3 Å². The van der Waals surface area contributed by atoms with Crippen LogP contribution in [0.15, 0.2) is 28.7 Å². The molecule has 42 heavy (non-hydrogen) atoms. The fourth-order valence-electron chi connectivity index (χ4n) is 7.59. The number of amides is 1. The Labute approximate surface area is 250 Å². The number of nitrogens with zero attached hydrogens (tertiary/aromatic N) is 2. The largest absolute Gasteiger partial charge is 0.510 e. The summed E-state index contributed by atoms with van der Waals surface area (Å²) in [6, 6.07) is 0.485. The summed E-state index contributed by atoms with van der Waals surface area (Å²) < 4.78 is 0. The number of aliphatic hydroxyl groups is 3. The number of hydrogen-bond donors (Lipinski definition) is 5. The molecule has 1 aromatic rings. The third-order valence-electron chi connectivity index (χ3n) is 9.65. The zero-order valence-electron chi connectivity index (χ0n) is 24.5. The molecule has 1 unspecified atom stereocenters. The number of primary amides is 1. The van der Waals surface area contributed by atoms with E-state index in [1.807, 2.05) is 0 Å². The number of aromatic hydroxyl groups is 1. The molecule has 4 aliphatic rings. The lowest BCUT2D eigenvalue weighted by molar-refractivity contribution is -0.148. The summed E-state index contributed by atoms with van der Waals surface area (Å²) in [4.78, 5) is 43.5. The molecular weight excluding hydrogens is 562 g/mol. The maximum atomic E-state index is 13.9. The molecule has 11 heteroatoms. The molecule has 5 atom stereocenters. The number of nitrogens with two attached hydrogens (primary N) is 1. The summed E-state index contributed by atoms with van der Waals surface area (Å²) in [7, 11) is 3.20. The van der Waals surface area contributed by atoms with Gasteiger partial charge >= 0.3 is 0 Å². The van der Waals surface area contributed by atoms with Crippen molar-refractivity contribution in [1.82, 2.24) is 9.80 Å². The average molecular weight is 602 g/mol. The van der Waals surface area contributed by atoms with Gasteiger partial charge in [0, 0.05) is 22.6 Å². The topological polar surface area (TPSA) is 165 Å². The second-order valence-electron chi connectivity index (χ2n) is 12.8. The highest BCUT2D eigenvalue weighted by molar-refractivity contribution is 6.33. The molecule has 1 fully saturated rings. The van der Waals surface area contributed by atoms with Crippen LogP contribution in [0.4, 0.5) is 0 Å². The van der Waals surface area contributed by atoms with Gasteiger partial charge in [0.1, 0.15) is 22.8 Å². The number of fused-ring (bicyclic) bond motifs is 3. The number of likely N-dealkylation sites (N-methyl/N-ethyl adjacent to an activating group) is 1. The maximum absolute atomic E-state index is 13.9. The van der Waals surface area contributed by atoms with E-state index in [1.54, 1.807) is 14.1 Å². The van der Waals surface area contributed by atoms with E-state index in [-0.39, 0.29) is 35.8 Å². The highest BCUT2D eigenvalue weighted by Gasteiger charge is 2.63. The molecule has 5 rings (SSSR count). The van der Waals surface area contributed by atoms with Crippen molar-refractivity contribution in [2.75, 3.05) is 27.2 Å². The molecule has 1 aromatic carbocycles. The lowest BCUT2D eigenvalue weighted by Gasteiger charge is -2.50. The number of aliphatic hydroxyl groups excluding tert-OH is 2. The summed E-state index contributed by atoms with van der Waals surface area (Å²) in [5.74, 6) is -6.19. The summed E-state index contributed by atoms with van der Waals surface area (Å²) in [5.41, 5.74) is 2.89. The smallest absolute Gasteiger partial charge is 0.255 e. The number of benzene rings is 1. The van der Waals surface area contributed by atoms with Crippen LogP contribution in [0.1, 0.15) is 73.5 Å². The minimum absolute atomic E-state index is 0.0125. The van der Waals surface area contributed by atoms with Crippen LogP contribution in [0.5, 0.6) is 5.75 Å². The molecule has 3 aliphatic carbocycles. The van der Waals surface area contributed by atoms with Gasteiger partial charge in [-0.25, -0.2) is 0 Å². The fraction of sp³-hybridized carbons (Fsp3) is 0.581. The van der Waals surface area contributed by atoms with Crippen LogP contribution in [-0.2, 0) is 16.0 Å². The van der Waals surface area contributed by atoms with E-state index in [2.05, 4.69) is 18.7 Å². The minimum Gasteiger partial charge on any atom is -0.510 e. The molecule has 228 valence electrons. The number of phenolic OH excluding ortho intramolecular Hbond substituents is 1. The summed E-state index contributed by atoms with van der Waals surface area (Å²) >= 11 is 7.06. The average Bonchev–Trinajstić information content (AvgIpc) is 2.91. The van der Waals surface area contributed by atoms with Crippen molar-refractivity contribution >= 4 is 29.1 Å². The summed E-state index contributed by atoms with van der Waals surface area (Å²) in [5, 5.41) is 45.8. The first-order chi connectivity index (χ1) is 19.7. The van der Waals surface area contributed by atoms with Crippen molar-refractivity contribution in [2.45, 2.75) is 70.1 Å². The first-order valence-corrected chi connectivity index (χ1v) is 15.0. The molecule has 0 spiro atoms. The Morgan fingerprint density at radius 2 is 1.90 bits per heavy atom. The number of carbonyl (C=O) groups is 3. The third kappa shape index (κ3) is 4.54. The Balaban J connectivity index is 1.62. The predicted molar refractivity (Wildman–Crippen MR) is 156 cm³/mol. The molecule has 1 aliphatic heterocycles. The highest BCUT2D eigenvalue weighted by Crippen LogP contribution is 2.53. The Morgan fingerprint density at radius 3 is 2.52 bits per heavy atom. The zero-order valence-corrected chi connectivity index (χ0v) is 25.2. The van der Waals surface area contributed by atoms with Crippen molar-refractivity contribution < 1.29 is 34.8 Å². The van der Waals surface area contributed by atoms with Crippen LogP contribution >= 0.6 is 11.6 Å². The predicted octanol–water partition coefficient (Wildman–Crippen LogP) is 3.35. The van der Waals surface area contributed by atoms with E-state index in [0.29, 0.717) is 16.5 Å². The van der Waals surface area contributed by atoms with Gasteiger partial charge < -0.3 is 26.2 Å². The van der Waals surface area contributed by atoms with Gasteiger partial charge in [0.05, 0.1) is 11.6 Å². The molecule has 6 N–H and O–H groups in total. The zero-order chi connectivity index (χ0) is 30.8. The molecule has 0 aromatic heterocycles. The maximum Gasteiger partial charge on any atom is 0.255 e. The normalized spacial score (nSPS) is 30.1. The quantitative estimate of drug-likeness (QED) is 0.307. The number of ketones is 2. The van der Waals surface area contributed by atoms with E-state index >= 15 is 0 Å². The van der Waals surface area contributed by atoms with Crippen molar-refractivity contribution in [1.29, 1.82) is 0 Å². The Bertz CT molecular complexity index is 1420. The van der Waals surface area contributed by atoms with Gasteiger partial charge in [0.15, 0.2) is 11.4 Å². The SMILES string of the molecule is CC(C)CCN1CCCCC1c1cc(O)c2c(c1Cl)C[C@H]1C[C@H]3[C@H](N(C)C)C(O)=C(C(N)=O)C(=O)[C@@]3(O)C(O)=C1C2=O. The first kappa shape index (κ1) is 30.5. The molecule has 1 heterocycles. The van der Waals surface area contributed by atoms with Crippen LogP contribution in [-0.4, -0.2) is 86.5 Å². The lowest BCUT2D eigenvalue weighted by atomic mass is 9.58. The van der Waals surface area contributed by atoms with Gasteiger partial charge in [-0.05, 0) is 88.3 Å². The van der Waals surface area contributed by atoms with Gasteiger partial charge in [-0.15, -0.1) is 0 Å². The summed E-state index contributed by atoms with van der Waals surface area (Å²) in [6.07, 6.45) is 4.18. The van der Waals surface area contributed by atoms with Crippen molar-refractivity contribution in [3.05, 3.63) is 50.4 Å². The summed E-state index contributed by atoms with van der Waals surface area (Å²) in [6.45, 7) is 6.17. The van der Waals surface area contributed by atoms with Crippen LogP contribution in [0, 0.1) is 17.8 Å². The molecular formula is C31H40ClN3O7. The second kappa shape index (κ2) is 11.0. The Morgan fingerprint density at radius 1 is 1.21 bits per heavy atom. The van der Waals surface area contributed by atoms with Crippen LogP contribution in [0.25, 0.3) is 0 Å². The van der Waals surface area contributed by atoms with Gasteiger partial charge in [0.25, 0.3) is 5.91 Å². The molecule has 0 saturated carbocycles. The standard InChI is InChI=1S/C31H40ClN3O7/c1-14(2)8-10-35-9-6-5-7-19(35)16-13-20(36)22-17(24(16)32)11-15-12-18-25(34(3)4)27(38)23(30(33)41)29(40)31(18,42)28(39)21(15)26(22)37/h13-15,18-19,25,36,38-39,42H,5-12H2,1-4H3,(H2,33,41)/t15-,18-,19?,25-,31-/m0/s1. The number of Topliss-reactive ketones (excluding diaryl/α,β-unsaturated/α-hetero) is 2. The molecule has 0 bridgehead atoms. The number of carbonyl (C=O) groups excluding carboxylic acids is 3. The third-order valence-corrected chi connectivity index (χ3v) is 10.1. The van der Waals surface area contributed by atoms with Crippen molar-refractivity contribution in [3.8, 4) is 5.75 Å². The van der Waals surface area contributed by atoms with Gasteiger partial charge in [-0.2, -0.15) is 0 Å². The Kier molecular flexibility index (Phi) is 7.98. The van der Waals surface area contributed by atoms with Gasteiger partial charge in [-0.3, -0.25) is 24.2 Å². The first-order valence-electron chi connectivity index (χ1n) is 14.6. The number of halogens is 1. The number of piperidine rings is 1.